The fourth-order valence-corrected chi connectivity index (χ4v) is 4.00. The number of ether oxygens (including phenoxy) is 1. The summed E-state index contributed by atoms with van der Waals surface area (Å²) in [6, 6.07) is 4.59. The molecule has 7 nitrogen and oxygen atoms in total. The van der Waals surface area contributed by atoms with Crippen LogP contribution in [0.4, 0.5) is 0 Å². The molecule has 1 aromatic rings. The minimum Gasteiger partial charge on any atom is -0.494 e. The van der Waals surface area contributed by atoms with Crippen molar-refractivity contribution >= 4 is 32.5 Å². The Balaban J connectivity index is 2.24. The van der Waals surface area contributed by atoms with Crippen molar-refractivity contribution in [1.82, 2.24) is 0 Å². The van der Waals surface area contributed by atoms with Crippen LogP contribution in [0, 0.1) is 0 Å². The largest absolute Gasteiger partial charge is 0.494 e. The van der Waals surface area contributed by atoms with Crippen molar-refractivity contribution < 1.29 is 27.9 Å². The number of carbonyl (C=O) groups excluding carboxylic acids is 2. The van der Waals surface area contributed by atoms with E-state index in [4.69, 9.17) is 22.1 Å². The minimum absolute atomic E-state index is 0.0264. The van der Waals surface area contributed by atoms with E-state index in [1.807, 2.05) is 6.92 Å². The summed E-state index contributed by atoms with van der Waals surface area (Å²) in [6.45, 7) is 2.27. The van der Waals surface area contributed by atoms with Gasteiger partial charge in [-0.3, -0.25) is 9.59 Å². The molecule has 0 saturated heterocycles. The minimum atomic E-state index is -3.89. The molecule has 1 aliphatic carbocycles. The van der Waals surface area contributed by atoms with Crippen molar-refractivity contribution in [2.45, 2.75) is 36.3 Å². The SMILES string of the molecule is CCOc1ccc(S(=O)(=O)C2=CC(N)C(O)(C(=O)CCC(=O)Cl)C=C2)cc1. The number of aliphatic hydroxyl groups is 1. The zero-order chi connectivity index (χ0) is 20.2. The average molecular weight is 414 g/mol. The summed E-state index contributed by atoms with van der Waals surface area (Å²) in [7, 11) is -3.89. The first kappa shape index (κ1) is 21.3. The van der Waals surface area contributed by atoms with E-state index in [1.54, 1.807) is 0 Å². The predicted octanol–water partition coefficient (Wildman–Crippen LogP) is 1.49. The Morgan fingerprint density at radius 2 is 1.89 bits per heavy atom. The number of sulfone groups is 1. The number of allylic oxidation sites excluding steroid dienone is 1. The highest BCUT2D eigenvalue weighted by atomic mass is 35.5. The number of hydrogen-bond donors (Lipinski definition) is 2. The van der Waals surface area contributed by atoms with Crippen LogP contribution in [0.3, 0.4) is 0 Å². The summed E-state index contributed by atoms with van der Waals surface area (Å²) in [5.74, 6) is -0.177. The average Bonchev–Trinajstić information content (AvgIpc) is 2.62. The highest BCUT2D eigenvalue weighted by molar-refractivity contribution is 7.95. The van der Waals surface area contributed by atoms with Gasteiger partial charge >= 0.3 is 0 Å². The Bertz CT molecular complexity index is 891. The van der Waals surface area contributed by atoms with Gasteiger partial charge in [0.15, 0.2) is 11.4 Å². The van der Waals surface area contributed by atoms with E-state index < -0.39 is 32.5 Å². The first-order valence-corrected chi connectivity index (χ1v) is 10.1. The molecule has 0 fully saturated rings. The maximum atomic E-state index is 12.8. The molecule has 0 amide bonds. The molecule has 0 aliphatic heterocycles. The van der Waals surface area contributed by atoms with Gasteiger partial charge in [0, 0.05) is 12.8 Å². The number of rotatable bonds is 8. The summed E-state index contributed by atoms with van der Waals surface area (Å²) in [4.78, 5) is 22.9. The topological polar surface area (TPSA) is 124 Å². The fraction of sp³-hybridized carbons (Fsp3) is 0.333. The van der Waals surface area contributed by atoms with Crippen LogP contribution in [-0.2, 0) is 19.4 Å². The molecule has 0 aromatic heterocycles. The summed E-state index contributed by atoms with van der Waals surface area (Å²) < 4.78 is 30.8. The summed E-state index contributed by atoms with van der Waals surface area (Å²) in [5, 5.41) is 9.79. The molecule has 27 heavy (non-hydrogen) atoms. The quantitative estimate of drug-likeness (QED) is 0.618. The van der Waals surface area contributed by atoms with Crippen molar-refractivity contribution in [2.24, 2.45) is 5.73 Å². The van der Waals surface area contributed by atoms with Gasteiger partial charge in [-0.05, 0) is 61.0 Å². The molecule has 9 heteroatoms. The molecular weight excluding hydrogens is 394 g/mol. The third-order valence-corrected chi connectivity index (χ3v) is 6.08. The van der Waals surface area contributed by atoms with Crippen LogP contribution in [0.5, 0.6) is 5.75 Å². The number of halogens is 1. The van der Waals surface area contributed by atoms with Gasteiger partial charge in [-0.25, -0.2) is 8.42 Å². The van der Waals surface area contributed by atoms with E-state index in [0.717, 1.165) is 18.2 Å². The Labute approximate surface area is 162 Å². The smallest absolute Gasteiger partial charge is 0.222 e. The van der Waals surface area contributed by atoms with Crippen molar-refractivity contribution in [3.8, 4) is 5.75 Å². The maximum absolute atomic E-state index is 12.8. The zero-order valence-corrected chi connectivity index (χ0v) is 16.2. The van der Waals surface area contributed by atoms with Gasteiger partial charge in [0.2, 0.25) is 15.1 Å². The van der Waals surface area contributed by atoms with Crippen LogP contribution in [0.2, 0.25) is 0 Å². The number of ketones is 1. The molecule has 1 aromatic carbocycles. The molecule has 2 rings (SSSR count). The van der Waals surface area contributed by atoms with Gasteiger partial charge in [0.25, 0.3) is 0 Å². The molecule has 0 radical (unpaired) electrons. The van der Waals surface area contributed by atoms with Crippen LogP contribution in [0.25, 0.3) is 0 Å². The lowest BCUT2D eigenvalue weighted by atomic mass is 9.84. The van der Waals surface area contributed by atoms with Crippen molar-refractivity contribution in [2.75, 3.05) is 6.61 Å². The highest BCUT2D eigenvalue weighted by Crippen LogP contribution is 2.29. The molecule has 0 spiro atoms. The Hall–Kier alpha value is -2.00. The van der Waals surface area contributed by atoms with Gasteiger partial charge in [-0.15, -0.1) is 0 Å². The normalized spacial score (nSPS) is 22.2. The Morgan fingerprint density at radius 1 is 1.26 bits per heavy atom. The lowest BCUT2D eigenvalue weighted by Gasteiger charge is -2.31. The van der Waals surface area contributed by atoms with E-state index in [9.17, 15) is 23.1 Å². The number of benzene rings is 1. The van der Waals surface area contributed by atoms with E-state index in [2.05, 4.69) is 0 Å². The fourth-order valence-electron chi connectivity index (χ4n) is 2.57. The van der Waals surface area contributed by atoms with Crippen LogP contribution in [-0.4, -0.2) is 42.8 Å². The first-order valence-electron chi connectivity index (χ1n) is 8.20. The Kier molecular flexibility index (Phi) is 6.59. The molecule has 0 saturated carbocycles. The summed E-state index contributed by atoms with van der Waals surface area (Å²) >= 11 is 5.20. The molecule has 3 N–H and O–H groups in total. The monoisotopic (exact) mass is 413 g/mol. The van der Waals surface area contributed by atoms with Gasteiger partial charge < -0.3 is 15.6 Å². The first-order chi connectivity index (χ1) is 12.6. The number of hydrogen-bond acceptors (Lipinski definition) is 7. The maximum Gasteiger partial charge on any atom is 0.222 e. The van der Waals surface area contributed by atoms with Crippen molar-refractivity contribution in [1.29, 1.82) is 0 Å². The van der Waals surface area contributed by atoms with Crippen molar-refractivity contribution in [3.63, 3.8) is 0 Å². The van der Waals surface area contributed by atoms with Gasteiger partial charge in [-0.1, -0.05) is 0 Å². The molecule has 2 atom stereocenters. The van der Waals surface area contributed by atoms with Crippen LogP contribution in [0.1, 0.15) is 19.8 Å². The lowest BCUT2D eigenvalue weighted by molar-refractivity contribution is -0.134. The summed E-state index contributed by atoms with van der Waals surface area (Å²) in [5.41, 5.74) is 3.76. The molecular formula is C18H20ClNO6S. The Morgan fingerprint density at radius 3 is 2.41 bits per heavy atom. The van der Waals surface area contributed by atoms with Crippen LogP contribution in [0.15, 0.2) is 52.3 Å². The summed E-state index contributed by atoms with van der Waals surface area (Å²) in [6.07, 6.45) is 2.75. The van der Waals surface area contributed by atoms with Gasteiger partial charge in [0.05, 0.1) is 22.4 Å². The molecule has 2 unspecified atom stereocenters. The van der Waals surface area contributed by atoms with Crippen molar-refractivity contribution in [3.05, 3.63) is 47.4 Å². The second kappa shape index (κ2) is 8.35. The molecule has 146 valence electrons. The van der Waals surface area contributed by atoms with E-state index in [1.165, 1.54) is 24.3 Å². The van der Waals surface area contributed by atoms with Crippen LogP contribution < -0.4 is 10.5 Å². The third-order valence-electron chi connectivity index (χ3n) is 4.10. The van der Waals surface area contributed by atoms with Gasteiger partial charge in [0.1, 0.15) is 5.75 Å². The number of Topliss-reactive ketones (excluding diaryl/α,β-unsaturated/α-hetero) is 1. The predicted molar refractivity (Wildman–Crippen MR) is 100 cm³/mol. The molecule has 1 aliphatic rings. The second-order valence-electron chi connectivity index (χ2n) is 5.94. The molecule has 0 heterocycles. The van der Waals surface area contributed by atoms with E-state index in [-0.39, 0.29) is 22.6 Å². The zero-order valence-electron chi connectivity index (χ0n) is 14.6. The number of carbonyl (C=O) groups is 2. The van der Waals surface area contributed by atoms with E-state index >= 15 is 0 Å². The van der Waals surface area contributed by atoms with Crippen LogP contribution >= 0.6 is 11.6 Å². The van der Waals surface area contributed by atoms with E-state index in [0.29, 0.717) is 12.4 Å². The third kappa shape index (κ3) is 4.65. The lowest BCUT2D eigenvalue weighted by Crippen LogP contribution is -2.53. The van der Waals surface area contributed by atoms with Gasteiger partial charge in [-0.2, -0.15) is 0 Å². The number of nitrogens with two attached hydrogens (primary N) is 1. The second-order valence-corrected chi connectivity index (χ2v) is 8.31. The molecule has 0 bridgehead atoms. The highest BCUT2D eigenvalue weighted by Gasteiger charge is 2.41. The standard InChI is InChI=1S/C18H20ClNO6S/c1-2-26-12-3-5-13(6-4-12)27(24,25)14-9-10-18(23,15(20)11-14)16(21)7-8-17(19)22/h3-6,9-11,15,23H,2,7-8,20H2,1H3.